The van der Waals surface area contributed by atoms with E-state index in [4.69, 9.17) is 0 Å². The number of para-hydroxylation sites is 1. The van der Waals surface area contributed by atoms with Crippen LogP contribution in [0.3, 0.4) is 0 Å². The van der Waals surface area contributed by atoms with E-state index in [0.717, 1.165) is 33.5 Å². The number of fused-ring (bicyclic) bond motifs is 3. The van der Waals surface area contributed by atoms with Gasteiger partial charge in [0.2, 0.25) is 17.7 Å². The highest BCUT2D eigenvalue weighted by Gasteiger charge is 2.50. The number of hydrogen-bond acceptors (Lipinski definition) is 5. The molecular weight excluding hydrogens is 580 g/mol. The highest BCUT2D eigenvalue weighted by Crippen LogP contribution is 2.47. The molecule has 10 nitrogen and oxygen atoms in total. The van der Waals surface area contributed by atoms with E-state index >= 15 is 0 Å². The van der Waals surface area contributed by atoms with Crippen LogP contribution < -0.4 is 16.0 Å². The number of rotatable bonds is 8. The van der Waals surface area contributed by atoms with E-state index in [1.165, 1.54) is 0 Å². The van der Waals surface area contributed by atoms with Gasteiger partial charge < -0.3 is 30.7 Å². The Morgan fingerprint density at radius 3 is 2.37 bits per heavy atom. The van der Waals surface area contributed by atoms with Gasteiger partial charge in [-0.15, -0.1) is 0 Å². The Morgan fingerprint density at radius 2 is 1.63 bits per heavy atom. The Kier molecular flexibility index (Phi) is 8.82. The number of likely N-dealkylation sites (tertiary alicyclic amines) is 1. The molecule has 2 heterocycles. The van der Waals surface area contributed by atoms with Gasteiger partial charge in [-0.1, -0.05) is 48.5 Å². The van der Waals surface area contributed by atoms with Gasteiger partial charge in [0, 0.05) is 57.6 Å². The number of carbonyl (C=O) groups is 4. The SMILES string of the molecule is CNCc1ccccc1CN(CC(=O)Nc1ccc2c(c1)CC1(C2)C(=O)Nc2ccccc21)C(=O)C1CCN(C(=O)N(C)C)CC1. The van der Waals surface area contributed by atoms with Gasteiger partial charge in [-0.25, -0.2) is 4.79 Å². The number of amides is 5. The minimum atomic E-state index is -0.627. The largest absolute Gasteiger partial charge is 0.331 e. The average molecular weight is 623 g/mol. The van der Waals surface area contributed by atoms with Crippen LogP contribution >= 0.6 is 0 Å². The molecule has 6 rings (SSSR count). The van der Waals surface area contributed by atoms with E-state index in [0.29, 0.717) is 57.5 Å². The molecule has 3 aromatic carbocycles. The first-order chi connectivity index (χ1) is 22.2. The predicted molar refractivity (Wildman–Crippen MR) is 177 cm³/mol. The molecule has 46 heavy (non-hydrogen) atoms. The summed E-state index contributed by atoms with van der Waals surface area (Å²) < 4.78 is 0. The number of anilines is 2. The van der Waals surface area contributed by atoms with Crippen LogP contribution in [0.15, 0.2) is 66.7 Å². The maximum Gasteiger partial charge on any atom is 0.319 e. The molecule has 1 spiro atoms. The van der Waals surface area contributed by atoms with Gasteiger partial charge in [0.15, 0.2) is 0 Å². The monoisotopic (exact) mass is 622 g/mol. The number of nitrogens with one attached hydrogen (secondary N) is 3. The summed E-state index contributed by atoms with van der Waals surface area (Å²) in [6.07, 6.45) is 2.29. The third-order valence-electron chi connectivity index (χ3n) is 9.59. The van der Waals surface area contributed by atoms with Crippen molar-refractivity contribution in [3.05, 3.63) is 94.5 Å². The standard InChI is InChI=1S/C36H42N6O4/c1-37-21-26-8-4-5-9-27(26)22-42(33(44)24-14-16-41(17-15-24)35(46)40(2)3)23-32(43)38-29-13-12-25-19-36(20-28(25)18-29)30-10-6-7-11-31(30)39-34(36)45/h4-13,18,24,37H,14-17,19-23H2,1-3H3,(H,38,43)(H,39,45). The molecule has 3 N–H and O–H groups in total. The normalized spacial score (nSPS) is 18.6. The predicted octanol–water partition coefficient (Wildman–Crippen LogP) is 3.76. The van der Waals surface area contributed by atoms with Crippen LogP contribution in [-0.2, 0) is 45.7 Å². The van der Waals surface area contributed by atoms with Crippen LogP contribution in [0.1, 0.15) is 40.7 Å². The van der Waals surface area contributed by atoms with E-state index in [-0.39, 0.29) is 36.2 Å². The summed E-state index contributed by atoms with van der Waals surface area (Å²) in [5, 5.41) is 9.25. The van der Waals surface area contributed by atoms with Crippen molar-refractivity contribution >= 4 is 35.1 Å². The van der Waals surface area contributed by atoms with Crippen molar-refractivity contribution in [2.75, 3.05) is 51.4 Å². The maximum absolute atomic E-state index is 14.0. The zero-order valence-electron chi connectivity index (χ0n) is 26.8. The van der Waals surface area contributed by atoms with Gasteiger partial charge in [0.25, 0.3) is 0 Å². The minimum absolute atomic E-state index is 0.0140. The second-order valence-corrected chi connectivity index (χ2v) is 12.9. The fraction of sp³-hybridized carbons (Fsp3) is 0.389. The molecule has 0 aromatic heterocycles. The van der Waals surface area contributed by atoms with E-state index in [2.05, 4.69) is 16.0 Å². The molecule has 0 radical (unpaired) electrons. The van der Waals surface area contributed by atoms with Crippen molar-refractivity contribution in [3.8, 4) is 0 Å². The maximum atomic E-state index is 14.0. The van der Waals surface area contributed by atoms with E-state index in [1.807, 2.05) is 73.8 Å². The Bertz CT molecular complexity index is 1660. The molecule has 1 saturated heterocycles. The molecule has 5 amide bonds. The van der Waals surface area contributed by atoms with Crippen molar-refractivity contribution in [2.24, 2.45) is 5.92 Å². The first-order valence-corrected chi connectivity index (χ1v) is 16.0. The lowest BCUT2D eigenvalue weighted by molar-refractivity contribution is -0.140. The number of urea groups is 1. The van der Waals surface area contributed by atoms with Crippen LogP contribution in [0.4, 0.5) is 16.2 Å². The first-order valence-electron chi connectivity index (χ1n) is 16.0. The topological polar surface area (TPSA) is 114 Å². The van der Waals surface area contributed by atoms with Crippen molar-refractivity contribution in [1.82, 2.24) is 20.0 Å². The lowest BCUT2D eigenvalue weighted by Gasteiger charge is -2.35. The third-order valence-corrected chi connectivity index (χ3v) is 9.59. The molecule has 0 bridgehead atoms. The summed E-state index contributed by atoms with van der Waals surface area (Å²) in [4.78, 5) is 58.1. The van der Waals surface area contributed by atoms with Gasteiger partial charge in [0.05, 0.1) is 5.41 Å². The van der Waals surface area contributed by atoms with Gasteiger partial charge >= 0.3 is 6.03 Å². The molecule has 10 heteroatoms. The molecule has 2 aliphatic heterocycles. The fourth-order valence-electron chi connectivity index (χ4n) is 7.20. The van der Waals surface area contributed by atoms with Crippen LogP contribution in [0.2, 0.25) is 0 Å². The van der Waals surface area contributed by atoms with Crippen molar-refractivity contribution in [3.63, 3.8) is 0 Å². The number of benzene rings is 3. The number of nitrogens with zero attached hydrogens (tertiary/aromatic N) is 3. The second-order valence-electron chi connectivity index (χ2n) is 12.9. The Morgan fingerprint density at radius 1 is 0.935 bits per heavy atom. The molecule has 1 fully saturated rings. The molecule has 1 atom stereocenters. The van der Waals surface area contributed by atoms with E-state index in [1.54, 1.807) is 28.8 Å². The van der Waals surface area contributed by atoms with Gasteiger partial charge in [0.1, 0.15) is 6.54 Å². The number of hydrogen-bond donors (Lipinski definition) is 3. The average Bonchev–Trinajstić information content (AvgIpc) is 3.57. The minimum Gasteiger partial charge on any atom is -0.331 e. The summed E-state index contributed by atoms with van der Waals surface area (Å²) in [5.74, 6) is -0.614. The van der Waals surface area contributed by atoms with Crippen molar-refractivity contribution in [2.45, 2.75) is 44.2 Å². The second kappa shape index (κ2) is 13.0. The van der Waals surface area contributed by atoms with Gasteiger partial charge in [-0.2, -0.15) is 0 Å². The van der Waals surface area contributed by atoms with Crippen LogP contribution in [0.25, 0.3) is 0 Å². The molecule has 240 valence electrons. The van der Waals surface area contributed by atoms with Crippen molar-refractivity contribution in [1.29, 1.82) is 0 Å². The number of piperidine rings is 1. The highest BCUT2D eigenvalue weighted by atomic mass is 16.2. The van der Waals surface area contributed by atoms with E-state index < -0.39 is 5.41 Å². The quantitative estimate of drug-likeness (QED) is 0.354. The summed E-state index contributed by atoms with van der Waals surface area (Å²) in [7, 11) is 5.34. The van der Waals surface area contributed by atoms with Gasteiger partial charge in [-0.05, 0) is 78.7 Å². The molecule has 3 aromatic rings. The first kappa shape index (κ1) is 31.3. The third kappa shape index (κ3) is 6.09. The Labute approximate surface area is 270 Å². The molecular formula is C36H42N6O4. The Hall–Kier alpha value is -4.70. The van der Waals surface area contributed by atoms with Crippen LogP contribution in [0, 0.1) is 5.92 Å². The van der Waals surface area contributed by atoms with Crippen LogP contribution in [-0.4, -0.2) is 79.2 Å². The zero-order chi connectivity index (χ0) is 32.4. The molecule has 0 saturated carbocycles. The summed E-state index contributed by atoms with van der Waals surface area (Å²) >= 11 is 0. The van der Waals surface area contributed by atoms with Crippen LogP contribution in [0.5, 0.6) is 0 Å². The fourth-order valence-corrected chi connectivity index (χ4v) is 7.20. The highest BCUT2D eigenvalue weighted by molar-refractivity contribution is 6.07. The van der Waals surface area contributed by atoms with Gasteiger partial charge in [-0.3, -0.25) is 14.4 Å². The Balaban J connectivity index is 1.17. The lowest BCUT2D eigenvalue weighted by atomic mass is 9.79. The summed E-state index contributed by atoms with van der Waals surface area (Å²) in [6.45, 7) is 1.86. The number of carbonyl (C=O) groups excluding carboxylic acids is 4. The lowest BCUT2D eigenvalue weighted by Crippen LogP contribution is -2.48. The smallest absolute Gasteiger partial charge is 0.319 e. The summed E-state index contributed by atoms with van der Waals surface area (Å²) in [5.41, 5.74) is 6.09. The summed E-state index contributed by atoms with van der Waals surface area (Å²) in [6, 6.07) is 21.6. The van der Waals surface area contributed by atoms with Crippen molar-refractivity contribution < 1.29 is 19.2 Å². The zero-order valence-corrected chi connectivity index (χ0v) is 26.8. The molecule has 3 aliphatic rings. The molecule has 1 unspecified atom stereocenters. The van der Waals surface area contributed by atoms with E-state index in [9.17, 15) is 19.2 Å². The molecule has 1 aliphatic carbocycles.